The zero-order chi connectivity index (χ0) is 25.2. The van der Waals surface area contributed by atoms with Gasteiger partial charge in [0.25, 0.3) is 0 Å². The van der Waals surface area contributed by atoms with Gasteiger partial charge in [-0.05, 0) is 49.7 Å². The summed E-state index contributed by atoms with van der Waals surface area (Å²) < 4.78 is 11.8. The lowest BCUT2D eigenvalue weighted by Gasteiger charge is -2.30. The van der Waals surface area contributed by atoms with Gasteiger partial charge in [-0.15, -0.1) is 0 Å². The summed E-state index contributed by atoms with van der Waals surface area (Å²) in [5.74, 6) is 2.46. The van der Waals surface area contributed by atoms with E-state index in [1.807, 2.05) is 89.8 Å². The van der Waals surface area contributed by atoms with Gasteiger partial charge in [-0.2, -0.15) is 0 Å². The molecule has 1 heterocycles. The van der Waals surface area contributed by atoms with E-state index in [9.17, 15) is 4.79 Å². The number of hydrogen-bond donors (Lipinski definition) is 2. The molecule has 36 heavy (non-hydrogen) atoms. The number of likely N-dealkylation sites (tertiary alicyclic amines) is 1. The Bertz CT molecular complexity index is 1080. The second kappa shape index (κ2) is 13.0. The van der Waals surface area contributed by atoms with Crippen LogP contribution < -0.4 is 25.4 Å². The van der Waals surface area contributed by atoms with E-state index in [4.69, 9.17) is 15.2 Å². The van der Waals surface area contributed by atoms with Crippen molar-refractivity contribution in [3.05, 3.63) is 84.9 Å². The lowest BCUT2D eigenvalue weighted by Crippen LogP contribution is -2.46. The molecule has 2 atom stereocenters. The molecule has 1 fully saturated rings. The molecule has 0 radical (unpaired) electrons. The Balaban J connectivity index is 1.39. The van der Waals surface area contributed by atoms with E-state index in [2.05, 4.69) is 17.1 Å². The van der Waals surface area contributed by atoms with Crippen LogP contribution in [0.3, 0.4) is 0 Å². The molecule has 190 valence electrons. The number of nitrogens with zero attached hydrogens (tertiary/aromatic N) is 2. The van der Waals surface area contributed by atoms with Gasteiger partial charge < -0.3 is 30.3 Å². The highest BCUT2D eigenvalue weighted by atomic mass is 16.5. The average Bonchev–Trinajstić information content (AvgIpc) is 3.34. The molecule has 0 spiro atoms. The first-order valence-corrected chi connectivity index (χ1v) is 12.6. The second-order valence-electron chi connectivity index (χ2n) is 9.20. The number of para-hydroxylation sites is 2. The molecule has 7 nitrogen and oxygen atoms in total. The third kappa shape index (κ3) is 7.73. The number of rotatable bonds is 12. The molecule has 2 unspecified atom stereocenters. The van der Waals surface area contributed by atoms with Crippen molar-refractivity contribution in [2.45, 2.75) is 25.4 Å². The standard InChI is InChI=1S/C29H36N4O3/c1-23(31-16-18-35-26-10-4-2-5-11-26)20-33(22-29(34)32-17-15-24(30)21-32)25-9-8-14-28(19-25)36-27-12-6-3-7-13-27/h2-14,19,23-24,31H,15-18,20-22,30H2,1H3. The van der Waals surface area contributed by atoms with Gasteiger partial charge in [0.15, 0.2) is 0 Å². The van der Waals surface area contributed by atoms with Crippen molar-refractivity contribution in [2.75, 3.05) is 44.2 Å². The zero-order valence-electron chi connectivity index (χ0n) is 20.9. The maximum atomic E-state index is 13.1. The maximum Gasteiger partial charge on any atom is 0.242 e. The predicted molar refractivity (Wildman–Crippen MR) is 144 cm³/mol. The molecule has 3 aromatic carbocycles. The Hall–Kier alpha value is -3.55. The molecule has 1 saturated heterocycles. The summed E-state index contributed by atoms with van der Waals surface area (Å²) >= 11 is 0. The minimum atomic E-state index is 0.0650. The van der Waals surface area contributed by atoms with Crippen LogP contribution in [-0.2, 0) is 4.79 Å². The molecule has 0 aliphatic carbocycles. The van der Waals surface area contributed by atoms with Gasteiger partial charge in [-0.1, -0.05) is 42.5 Å². The summed E-state index contributed by atoms with van der Waals surface area (Å²) in [4.78, 5) is 17.1. The van der Waals surface area contributed by atoms with E-state index in [0.29, 0.717) is 26.2 Å². The number of benzene rings is 3. The molecule has 3 aromatic rings. The molecular weight excluding hydrogens is 452 g/mol. The Morgan fingerprint density at radius 1 is 1.03 bits per heavy atom. The topological polar surface area (TPSA) is 80.1 Å². The number of carbonyl (C=O) groups excluding carboxylic acids is 1. The number of amides is 1. The Kier molecular flexibility index (Phi) is 9.19. The SMILES string of the molecule is CC(CN(CC(=O)N1CCC(N)C1)c1cccc(Oc2ccccc2)c1)NCCOc1ccccc1. The number of carbonyl (C=O) groups is 1. The number of nitrogens with two attached hydrogens (primary N) is 1. The van der Waals surface area contributed by atoms with Crippen LogP contribution in [-0.4, -0.2) is 62.2 Å². The first-order chi connectivity index (χ1) is 17.6. The summed E-state index contributed by atoms with van der Waals surface area (Å²) in [6.07, 6.45) is 0.853. The van der Waals surface area contributed by atoms with Gasteiger partial charge in [0.2, 0.25) is 5.91 Å². The molecule has 0 saturated carbocycles. The number of nitrogens with one attached hydrogen (secondary N) is 1. The van der Waals surface area contributed by atoms with Crippen LogP contribution in [0.4, 0.5) is 5.69 Å². The van der Waals surface area contributed by atoms with Crippen molar-refractivity contribution < 1.29 is 14.3 Å². The average molecular weight is 489 g/mol. The van der Waals surface area contributed by atoms with Gasteiger partial charge in [-0.25, -0.2) is 0 Å². The van der Waals surface area contributed by atoms with Crippen LogP contribution >= 0.6 is 0 Å². The van der Waals surface area contributed by atoms with E-state index in [0.717, 1.165) is 35.9 Å². The van der Waals surface area contributed by atoms with Crippen molar-refractivity contribution in [1.29, 1.82) is 0 Å². The third-order valence-electron chi connectivity index (χ3n) is 6.17. The quantitative estimate of drug-likeness (QED) is 0.377. The summed E-state index contributed by atoms with van der Waals surface area (Å²) in [7, 11) is 0. The lowest BCUT2D eigenvalue weighted by molar-refractivity contribution is -0.128. The van der Waals surface area contributed by atoms with E-state index >= 15 is 0 Å². The Labute approximate surface area is 213 Å². The maximum absolute atomic E-state index is 13.1. The highest BCUT2D eigenvalue weighted by molar-refractivity contribution is 5.82. The van der Waals surface area contributed by atoms with E-state index in [-0.39, 0.29) is 24.5 Å². The summed E-state index contributed by atoms with van der Waals surface area (Å²) in [6, 6.07) is 27.6. The fourth-order valence-electron chi connectivity index (χ4n) is 4.29. The van der Waals surface area contributed by atoms with Crippen molar-refractivity contribution >= 4 is 11.6 Å². The molecule has 3 N–H and O–H groups in total. The van der Waals surface area contributed by atoms with Crippen LogP contribution in [0.5, 0.6) is 17.2 Å². The van der Waals surface area contributed by atoms with Gasteiger partial charge in [0, 0.05) is 50.0 Å². The summed E-state index contributed by atoms with van der Waals surface area (Å²) in [6.45, 7) is 5.68. The van der Waals surface area contributed by atoms with Crippen molar-refractivity contribution in [3.63, 3.8) is 0 Å². The summed E-state index contributed by atoms with van der Waals surface area (Å²) in [5, 5.41) is 3.51. The molecule has 7 heteroatoms. The van der Waals surface area contributed by atoms with Crippen LogP contribution in [0.15, 0.2) is 84.9 Å². The van der Waals surface area contributed by atoms with Crippen LogP contribution in [0, 0.1) is 0 Å². The molecule has 1 aliphatic heterocycles. The highest BCUT2D eigenvalue weighted by Crippen LogP contribution is 2.26. The fourth-order valence-corrected chi connectivity index (χ4v) is 4.29. The second-order valence-corrected chi connectivity index (χ2v) is 9.20. The predicted octanol–water partition coefficient (Wildman–Crippen LogP) is 3.90. The minimum absolute atomic E-state index is 0.0650. The van der Waals surface area contributed by atoms with E-state index in [1.165, 1.54) is 0 Å². The van der Waals surface area contributed by atoms with E-state index in [1.54, 1.807) is 0 Å². The Morgan fingerprint density at radius 2 is 1.72 bits per heavy atom. The van der Waals surface area contributed by atoms with Gasteiger partial charge in [-0.3, -0.25) is 4.79 Å². The van der Waals surface area contributed by atoms with Crippen molar-refractivity contribution in [1.82, 2.24) is 10.2 Å². The van der Waals surface area contributed by atoms with Crippen LogP contribution in [0.25, 0.3) is 0 Å². The molecule has 0 bridgehead atoms. The number of anilines is 1. The van der Waals surface area contributed by atoms with Crippen LogP contribution in [0.2, 0.25) is 0 Å². The van der Waals surface area contributed by atoms with E-state index < -0.39 is 0 Å². The lowest BCUT2D eigenvalue weighted by atomic mass is 10.2. The first kappa shape index (κ1) is 25.5. The molecule has 1 aliphatic rings. The van der Waals surface area contributed by atoms with Gasteiger partial charge in [0.1, 0.15) is 23.9 Å². The molecular formula is C29H36N4O3. The van der Waals surface area contributed by atoms with Crippen molar-refractivity contribution in [3.8, 4) is 17.2 Å². The summed E-state index contributed by atoms with van der Waals surface area (Å²) in [5.41, 5.74) is 6.98. The first-order valence-electron chi connectivity index (χ1n) is 12.6. The van der Waals surface area contributed by atoms with Crippen LogP contribution in [0.1, 0.15) is 13.3 Å². The normalized spacial score (nSPS) is 15.9. The highest BCUT2D eigenvalue weighted by Gasteiger charge is 2.25. The van der Waals surface area contributed by atoms with Crippen molar-refractivity contribution in [2.24, 2.45) is 5.73 Å². The molecule has 0 aromatic heterocycles. The fraction of sp³-hybridized carbons (Fsp3) is 0.345. The number of hydrogen-bond acceptors (Lipinski definition) is 6. The largest absolute Gasteiger partial charge is 0.492 e. The zero-order valence-corrected chi connectivity index (χ0v) is 20.9. The minimum Gasteiger partial charge on any atom is -0.492 e. The smallest absolute Gasteiger partial charge is 0.242 e. The number of ether oxygens (including phenoxy) is 2. The molecule has 1 amide bonds. The third-order valence-corrected chi connectivity index (χ3v) is 6.17. The molecule has 4 rings (SSSR count). The van der Waals surface area contributed by atoms with Gasteiger partial charge in [0.05, 0.1) is 6.54 Å². The Morgan fingerprint density at radius 3 is 2.42 bits per heavy atom. The monoisotopic (exact) mass is 488 g/mol. The van der Waals surface area contributed by atoms with Gasteiger partial charge >= 0.3 is 0 Å².